The monoisotopic (exact) mass is 300 g/mol. The Morgan fingerprint density at radius 2 is 2.37 bits per heavy atom. The molecule has 0 spiro atoms. The van der Waals surface area contributed by atoms with Crippen molar-refractivity contribution >= 4 is 34.2 Å². The van der Waals surface area contributed by atoms with Crippen LogP contribution in [0.3, 0.4) is 0 Å². The van der Waals surface area contributed by atoms with E-state index in [0.717, 1.165) is 24.1 Å². The first-order valence-electron chi connectivity index (χ1n) is 5.47. The highest BCUT2D eigenvalue weighted by molar-refractivity contribution is 8.01. The van der Waals surface area contributed by atoms with Gasteiger partial charge in [0.05, 0.1) is 12.3 Å². The van der Waals surface area contributed by atoms with Crippen LogP contribution in [0, 0.1) is 0 Å². The van der Waals surface area contributed by atoms with Crippen LogP contribution < -0.4 is 5.32 Å². The van der Waals surface area contributed by atoms with E-state index < -0.39 is 5.97 Å². The summed E-state index contributed by atoms with van der Waals surface area (Å²) in [5.74, 6) is -0.0677. The summed E-state index contributed by atoms with van der Waals surface area (Å²) in [6, 6.07) is 0. The summed E-state index contributed by atoms with van der Waals surface area (Å²) in [4.78, 5) is 10.4. The third-order valence-electron chi connectivity index (χ3n) is 2.16. The lowest BCUT2D eigenvalue weighted by Gasteiger charge is -2.02. The maximum absolute atomic E-state index is 10.4. The van der Waals surface area contributed by atoms with Gasteiger partial charge in [0, 0.05) is 6.54 Å². The maximum atomic E-state index is 10.4. The van der Waals surface area contributed by atoms with Gasteiger partial charge in [-0.1, -0.05) is 23.1 Å². The number of aliphatic carboxylic acids is 1. The van der Waals surface area contributed by atoms with E-state index in [0.29, 0.717) is 16.0 Å². The van der Waals surface area contributed by atoms with Crippen molar-refractivity contribution in [1.82, 2.24) is 25.0 Å². The van der Waals surface area contributed by atoms with Gasteiger partial charge in [-0.05, 0) is 6.92 Å². The molecule has 8 nitrogen and oxygen atoms in total. The van der Waals surface area contributed by atoms with Crippen LogP contribution in [0.1, 0.15) is 12.7 Å². The van der Waals surface area contributed by atoms with Gasteiger partial charge in [-0.2, -0.15) is 0 Å². The fraction of sp³-hybridized carbons (Fsp3) is 0.444. The van der Waals surface area contributed by atoms with Crippen molar-refractivity contribution in [1.29, 1.82) is 0 Å². The number of carbonyl (C=O) groups is 1. The largest absolute Gasteiger partial charge is 0.481 e. The second-order valence-electron chi connectivity index (χ2n) is 3.44. The number of thioether (sulfide) groups is 1. The topological polar surface area (TPSA) is 106 Å². The van der Waals surface area contributed by atoms with Crippen molar-refractivity contribution in [3.8, 4) is 0 Å². The summed E-state index contributed by atoms with van der Waals surface area (Å²) in [6.45, 7) is 3.32. The molecule has 10 heteroatoms. The van der Waals surface area contributed by atoms with Gasteiger partial charge in [0.2, 0.25) is 5.13 Å². The first kappa shape index (κ1) is 13.7. The van der Waals surface area contributed by atoms with Gasteiger partial charge in [-0.25, -0.2) is 0 Å². The number of carboxylic acid groups (broad SMARTS) is 1. The molecule has 2 heterocycles. The molecular formula is C9H12N6O2S2. The molecule has 0 aliphatic heterocycles. The third kappa shape index (κ3) is 3.89. The molecule has 0 radical (unpaired) electrons. The molecule has 0 aliphatic carbocycles. The molecule has 0 amide bonds. The second kappa shape index (κ2) is 6.48. The summed E-state index contributed by atoms with van der Waals surface area (Å²) in [6.07, 6.45) is 1.67. The molecule has 0 saturated carbocycles. The minimum absolute atomic E-state index is 0.0151. The minimum atomic E-state index is -0.870. The van der Waals surface area contributed by atoms with Gasteiger partial charge in [0.25, 0.3) is 0 Å². The van der Waals surface area contributed by atoms with Gasteiger partial charge in [0.1, 0.15) is 6.33 Å². The molecule has 0 aliphatic rings. The number of hydrogen-bond donors (Lipinski definition) is 2. The van der Waals surface area contributed by atoms with E-state index in [9.17, 15) is 4.79 Å². The molecule has 19 heavy (non-hydrogen) atoms. The number of hydrogen-bond acceptors (Lipinski definition) is 8. The van der Waals surface area contributed by atoms with E-state index in [1.54, 1.807) is 6.33 Å². The van der Waals surface area contributed by atoms with Crippen LogP contribution in [0.4, 0.5) is 5.13 Å². The third-order valence-corrected chi connectivity index (χ3v) is 4.16. The van der Waals surface area contributed by atoms with Crippen molar-refractivity contribution in [2.75, 3.05) is 11.1 Å². The Labute approximate surface area is 117 Å². The van der Waals surface area contributed by atoms with E-state index in [-0.39, 0.29) is 5.75 Å². The number of aromatic nitrogens is 5. The summed E-state index contributed by atoms with van der Waals surface area (Å²) in [7, 11) is 0. The molecule has 0 saturated heterocycles. The molecule has 0 aromatic carbocycles. The Morgan fingerprint density at radius 1 is 1.53 bits per heavy atom. The Balaban J connectivity index is 1.88. The smallest absolute Gasteiger partial charge is 0.313 e. The van der Waals surface area contributed by atoms with Crippen molar-refractivity contribution in [3.63, 3.8) is 0 Å². The van der Waals surface area contributed by atoms with Crippen LogP contribution in [-0.2, 0) is 17.9 Å². The normalized spacial score (nSPS) is 10.6. The standard InChI is InChI=1S/C9H12N6O2S2/c1-2-15-5-11-12-6(15)3-10-8-13-14-9(19-8)18-4-7(16)17/h5H,2-4H2,1H3,(H,10,13)(H,16,17). The van der Waals surface area contributed by atoms with Gasteiger partial charge in [-0.3, -0.25) is 4.79 Å². The zero-order valence-corrected chi connectivity index (χ0v) is 11.7. The van der Waals surface area contributed by atoms with Crippen LogP contribution in [0.5, 0.6) is 0 Å². The average Bonchev–Trinajstić information content (AvgIpc) is 3.02. The predicted molar refractivity (Wildman–Crippen MR) is 71.3 cm³/mol. The van der Waals surface area contributed by atoms with Gasteiger partial charge < -0.3 is 15.0 Å². The van der Waals surface area contributed by atoms with Crippen molar-refractivity contribution < 1.29 is 9.90 Å². The molecular weight excluding hydrogens is 288 g/mol. The second-order valence-corrected chi connectivity index (χ2v) is 5.64. The number of anilines is 1. The number of carboxylic acids is 1. The highest BCUT2D eigenvalue weighted by atomic mass is 32.2. The van der Waals surface area contributed by atoms with Crippen LogP contribution in [0.25, 0.3) is 0 Å². The molecule has 2 aromatic rings. The van der Waals surface area contributed by atoms with Crippen molar-refractivity contribution in [3.05, 3.63) is 12.2 Å². The zero-order valence-electron chi connectivity index (χ0n) is 10.1. The highest BCUT2D eigenvalue weighted by Gasteiger charge is 2.08. The molecule has 0 bridgehead atoms. The van der Waals surface area contributed by atoms with Gasteiger partial charge in [0.15, 0.2) is 10.2 Å². The number of rotatable bonds is 7. The lowest BCUT2D eigenvalue weighted by molar-refractivity contribution is -0.133. The summed E-state index contributed by atoms with van der Waals surface area (Å²) in [5.41, 5.74) is 0. The lowest BCUT2D eigenvalue weighted by Crippen LogP contribution is -2.07. The molecule has 2 N–H and O–H groups in total. The average molecular weight is 300 g/mol. The van der Waals surface area contributed by atoms with Crippen LogP contribution in [0.2, 0.25) is 0 Å². The SMILES string of the molecule is CCn1cnnc1CNc1nnc(SCC(=O)O)s1. The molecule has 0 unspecified atom stereocenters. The van der Waals surface area contributed by atoms with Crippen LogP contribution in [-0.4, -0.2) is 41.8 Å². The van der Waals surface area contributed by atoms with E-state index in [4.69, 9.17) is 5.11 Å². The molecule has 2 rings (SSSR count). The summed E-state index contributed by atoms with van der Waals surface area (Å²) >= 11 is 2.47. The molecule has 0 fully saturated rings. The molecule has 0 atom stereocenters. The van der Waals surface area contributed by atoms with E-state index in [1.807, 2.05) is 11.5 Å². The van der Waals surface area contributed by atoms with Crippen LogP contribution in [0.15, 0.2) is 10.7 Å². The van der Waals surface area contributed by atoms with Crippen molar-refractivity contribution in [2.45, 2.75) is 24.4 Å². The Bertz CT molecular complexity index is 554. The number of nitrogens with zero attached hydrogens (tertiary/aromatic N) is 5. The maximum Gasteiger partial charge on any atom is 0.313 e. The summed E-state index contributed by atoms with van der Waals surface area (Å²) in [5, 5.41) is 27.9. The zero-order chi connectivity index (χ0) is 13.7. The van der Waals surface area contributed by atoms with Crippen molar-refractivity contribution in [2.24, 2.45) is 0 Å². The lowest BCUT2D eigenvalue weighted by atomic mass is 10.5. The molecule has 102 valence electrons. The van der Waals surface area contributed by atoms with E-state index in [1.165, 1.54) is 11.3 Å². The van der Waals surface area contributed by atoms with Crippen LogP contribution >= 0.6 is 23.1 Å². The van der Waals surface area contributed by atoms with Gasteiger partial charge in [-0.15, -0.1) is 20.4 Å². The Hall–Kier alpha value is -1.68. The predicted octanol–water partition coefficient (Wildman–Crippen LogP) is 0.938. The highest BCUT2D eigenvalue weighted by Crippen LogP contribution is 2.25. The fourth-order valence-electron chi connectivity index (χ4n) is 1.30. The number of aryl methyl sites for hydroxylation is 1. The molecule has 2 aromatic heterocycles. The fourth-order valence-corrected chi connectivity index (χ4v) is 2.77. The first-order valence-corrected chi connectivity index (χ1v) is 7.28. The quantitative estimate of drug-likeness (QED) is 0.728. The van der Waals surface area contributed by atoms with E-state index in [2.05, 4.69) is 25.7 Å². The number of nitrogens with one attached hydrogen (secondary N) is 1. The minimum Gasteiger partial charge on any atom is -0.481 e. The summed E-state index contributed by atoms with van der Waals surface area (Å²) < 4.78 is 2.55. The first-order chi connectivity index (χ1) is 9.19. The Morgan fingerprint density at radius 3 is 3.11 bits per heavy atom. The Kier molecular flexibility index (Phi) is 4.68. The van der Waals surface area contributed by atoms with E-state index >= 15 is 0 Å². The van der Waals surface area contributed by atoms with Gasteiger partial charge >= 0.3 is 5.97 Å².